The molecule has 19 heavy (non-hydrogen) atoms. The van der Waals surface area contributed by atoms with Gasteiger partial charge in [-0.3, -0.25) is 0 Å². The number of morpholine rings is 1. The summed E-state index contributed by atoms with van der Waals surface area (Å²) in [6.07, 6.45) is 0. The van der Waals surface area contributed by atoms with Crippen molar-refractivity contribution in [1.29, 1.82) is 0 Å². The minimum atomic E-state index is 0.788. The highest BCUT2D eigenvalue weighted by atomic mass is 16.5. The standard InChI is InChI=1S/C16H18N2O/c1-13-11-15(14-5-3-2-4-6-14)12-16(17-13)18-7-9-19-10-8-18/h2-6,11-12H,7-10H2,1H3. The van der Waals surface area contributed by atoms with Crippen LogP contribution in [0.15, 0.2) is 42.5 Å². The highest BCUT2D eigenvalue weighted by Crippen LogP contribution is 2.24. The molecule has 1 saturated heterocycles. The summed E-state index contributed by atoms with van der Waals surface area (Å²) in [6, 6.07) is 14.8. The van der Waals surface area contributed by atoms with E-state index in [1.807, 2.05) is 6.07 Å². The van der Waals surface area contributed by atoms with E-state index in [-0.39, 0.29) is 0 Å². The summed E-state index contributed by atoms with van der Waals surface area (Å²) in [4.78, 5) is 6.95. The molecule has 2 heterocycles. The van der Waals surface area contributed by atoms with Gasteiger partial charge in [0.25, 0.3) is 0 Å². The smallest absolute Gasteiger partial charge is 0.129 e. The Hall–Kier alpha value is -1.87. The van der Waals surface area contributed by atoms with Gasteiger partial charge in [-0.1, -0.05) is 30.3 Å². The van der Waals surface area contributed by atoms with E-state index >= 15 is 0 Å². The van der Waals surface area contributed by atoms with Gasteiger partial charge in [-0.25, -0.2) is 4.98 Å². The summed E-state index contributed by atoms with van der Waals surface area (Å²) >= 11 is 0. The Kier molecular flexibility index (Phi) is 3.47. The van der Waals surface area contributed by atoms with E-state index in [4.69, 9.17) is 4.74 Å². The lowest BCUT2D eigenvalue weighted by atomic mass is 10.1. The summed E-state index contributed by atoms with van der Waals surface area (Å²) in [5.41, 5.74) is 3.53. The summed E-state index contributed by atoms with van der Waals surface area (Å²) in [5, 5.41) is 0. The highest BCUT2D eigenvalue weighted by Gasteiger charge is 2.13. The molecule has 0 unspecified atom stereocenters. The second-order valence-corrected chi connectivity index (χ2v) is 4.82. The number of aromatic nitrogens is 1. The Morgan fingerprint density at radius 2 is 1.74 bits per heavy atom. The van der Waals surface area contributed by atoms with E-state index in [1.54, 1.807) is 0 Å². The molecule has 1 aliphatic heterocycles. The van der Waals surface area contributed by atoms with Gasteiger partial charge in [0.15, 0.2) is 0 Å². The molecule has 0 N–H and O–H groups in total. The van der Waals surface area contributed by atoms with Crippen LogP contribution in [0.3, 0.4) is 0 Å². The van der Waals surface area contributed by atoms with E-state index in [9.17, 15) is 0 Å². The SMILES string of the molecule is Cc1cc(-c2ccccc2)cc(N2CCOCC2)n1. The first-order valence-corrected chi connectivity index (χ1v) is 6.70. The number of anilines is 1. The number of hydrogen-bond acceptors (Lipinski definition) is 3. The van der Waals surface area contributed by atoms with Crippen LogP contribution in [0.25, 0.3) is 11.1 Å². The Morgan fingerprint density at radius 1 is 1.00 bits per heavy atom. The van der Waals surface area contributed by atoms with Crippen LogP contribution in [0.1, 0.15) is 5.69 Å². The lowest BCUT2D eigenvalue weighted by molar-refractivity contribution is 0.122. The third-order valence-electron chi connectivity index (χ3n) is 3.38. The van der Waals surface area contributed by atoms with E-state index in [1.165, 1.54) is 11.1 Å². The Labute approximate surface area is 113 Å². The van der Waals surface area contributed by atoms with E-state index in [0.29, 0.717) is 0 Å². The van der Waals surface area contributed by atoms with Gasteiger partial charge < -0.3 is 9.64 Å². The van der Waals surface area contributed by atoms with Crippen LogP contribution in [-0.2, 0) is 4.74 Å². The first-order chi connectivity index (χ1) is 9.33. The van der Waals surface area contributed by atoms with Crippen LogP contribution in [-0.4, -0.2) is 31.3 Å². The Balaban J connectivity index is 1.96. The topological polar surface area (TPSA) is 25.4 Å². The molecule has 98 valence electrons. The van der Waals surface area contributed by atoms with Gasteiger partial charge in [0.1, 0.15) is 5.82 Å². The number of benzene rings is 1. The van der Waals surface area contributed by atoms with Crippen molar-refractivity contribution in [2.75, 3.05) is 31.2 Å². The summed E-state index contributed by atoms with van der Waals surface area (Å²) < 4.78 is 5.40. The van der Waals surface area contributed by atoms with Crippen molar-refractivity contribution in [1.82, 2.24) is 4.98 Å². The van der Waals surface area contributed by atoms with Crippen molar-refractivity contribution in [2.24, 2.45) is 0 Å². The minimum absolute atomic E-state index is 0.788. The number of pyridine rings is 1. The van der Waals surface area contributed by atoms with Gasteiger partial charge in [0.05, 0.1) is 13.2 Å². The number of nitrogens with zero attached hydrogens (tertiary/aromatic N) is 2. The molecule has 1 fully saturated rings. The maximum atomic E-state index is 5.40. The van der Waals surface area contributed by atoms with Gasteiger partial charge in [-0.05, 0) is 30.2 Å². The van der Waals surface area contributed by atoms with Crippen LogP contribution >= 0.6 is 0 Å². The molecule has 0 radical (unpaired) electrons. The quantitative estimate of drug-likeness (QED) is 0.824. The second-order valence-electron chi connectivity index (χ2n) is 4.82. The first-order valence-electron chi connectivity index (χ1n) is 6.70. The molecule has 1 aromatic carbocycles. The van der Waals surface area contributed by atoms with Crippen LogP contribution in [0.4, 0.5) is 5.82 Å². The number of hydrogen-bond donors (Lipinski definition) is 0. The predicted octanol–water partition coefficient (Wildman–Crippen LogP) is 2.89. The van der Waals surface area contributed by atoms with Crippen LogP contribution in [0.5, 0.6) is 0 Å². The second kappa shape index (κ2) is 5.41. The maximum Gasteiger partial charge on any atom is 0.129 e. The molecular weight excluding hydrogens is 236 g/mol. The number of aryl methyl sites for hydroxylation is 1. The molecule has 0 saturated carbocycles. The first kappa shape index (κ1) is 12.2. The fourth-order valence-electron chi connectivity index (χ4n) is 2.40. The molecule has 0 aliphatic carbocycles. The molecule has 0 spiro atoms. The number of rotatable bonds is 2. The third-order valence-corrected chi connectivity index (χ3v) is 3.38. The van der Waals surface area contributed by atoms with Crippen molar-refractivity contribution in [3.05, 3.63) is 48.2 Å². The zero-order valence-corrected chi connectivity index (χ0v) is 11.2. The van der Waals surface area contributed by atoms with Crippen LogP contribution in [0, 0.1) is 6.92 Å². The van der Waals surface area contributed by atoms with Crippen molar-refractivity contribution >= 4 is 5.82 Å². The lowest BCUT2D eigenvalue weighted by Crippen LogP contribution is -2.36. The summed E-state index contributed by atoms with van der Waals surface area (Å²) in [5.74, 6) is 1.06. The average Bonchev–Trinajstić information content (AvgIpc) is 2.48. The lowest BCUT2D eigenvalue weighted by Gasteiger charge is -2.28. The molecule has 3 heteroatoms. The molecule has 3 nitrogen and oxygen atoms in total. The molecular formula is C16H18N2O. The molecule has 1 aliphatic rings. The molecule has 2 aromatic rings. The predicted molar refractivity (Wildman–Crippen MR) is 77.4 cm³/mol. The van der Waals surface area contributed by atoms with Gasteiger partial charge in [0.2, 0.25) is 0 Å². The minimum Gasteiger partial charge on any atom is -0.378 e. The average molecular weight is 254 g/mol. The van der Waals surface area contributed by atoms with Crippen LogP contribution in [0.2, 0.25) is 0 Å². The van der Waals surface area contributed by atoms with E-state index < -0.39 is 0 Å². The van der Waals surface area contributed by atoms with E-state index in [0.717, 1.165) is 37.8 Å². The molecule has 0 amide bonds. The van der Waals surface area contributed by atoms with Gasteiger partial charge in [0, 0.05) is 18.8 Å². The van der Waals surface area contributed by atoms with Crippen molar-refractivity contribution in [2.45, 2.75) is 6.92 Å². The largest absolute Gasteiger partial charge is 0.378 e. The molecule has 0 atom stereocenters. The molecule has 1 aromatic heterocycles. The van der Waals surface area contributed by atoms with Crippen molar-refractivity contribution < 1.29 is 4.74 Å². The van der Waals surface area contributed by atoms with Gasteiger partial charge in [-0.2, -0.15) is 0 Å². The van der Waals surface area contributed by atoms with Crippen molar-refractivity contribution in [3.63, 3.8) is 0 Å². The molecule has 3 rings (SSSR count). The summed E-state index contributed by atoms with van der Waals surface area (Å²) in [6.45, 7) is 5.47. The van der Waals surface area contributed by atoms with Gasteiger partial charge >= 0.3 is 0 Å². The molecule has 0 bridgehead atoms. The third kappa shape index (κ3) is 2.76. The maximum absolute atomic E-state index is 5.40. The van der Waals surface area contributed by atoms with Gasteiger partial charge in [-0.15, -0.1) is 0 Å². The van der Waals surface area contributed by atoms with Crippen LogP contribution < -0.4 is 4.90 Å². The zero-order chi connectivity index (χ0) is 13.1. The fraction of sp³-hybridized carbons (Fsp3) is 0.312. The number of ether oxygens (including phenoxy) is 1. The van der Waals surface area contributed by atoms with E-state index in [2.05, 4.69) is 53.2 Å². The fourth-order valence-corrected chi connectivity index (χ4v) is 2.40. The monoisotopic (exact) mass is 254 g/mol. The zero-order valence-electron chi connectivity index (χ0n) is 11.2. The Bertz CT molecular complexity index is 548. The highest BCUT2D eigenvalue weighted by molar-refractivity contribution is 5.67. The normalized spacial score (nSPS) is 15.5. The van der Waals surface area contributed by atoms with Crippen molar-refractivity contribution in [3.8, 4) is 11.1 Å². The Morgan fingerprint density at radius 3 is 2.47 bits per heavy atom. The summed E-state index contributed by atoms with van der Waals surface area (Å²) in [7, 11) is 0.